The molecule has 20 heavy (non-hydrogen) atoms. The van der Waals surface area contributed by atoms with Crippen molar-refractivity contribution in [1.82, 2.24) is 4.90 Å². The van der Waals surface area contributed by atoms with Crippen LogP contribution in [0.5, 0.6) is 5.75 Å². The Morgan fingerprint density at radius 1 is 1.40 bits per heavy atom. The summed E-state index contributed by atoms with van der Waals surface area (Å²) in [5, 5.41) is 0. The SMILES string of the molecule is CCCN(CC1CC1)CC(N)c1cc(C)ccc1OC. The lowest BCUT2D eigenvalue weighted by Crippen LogP contribution is -2.34. The summed E-state index contributed by atoms with van der Waals surface area (Å²) in [5.41, 5.74) is 8.81. The van der Waals surface area contributed by atoms with Crippen LogP contribution in [-0.2, 0) is 0 Å². The molecule has 2 rings (SSSR count). The standard InChI is InChI=1S/C17H28N2O/c1-4-9-19(11-14-6-7-14)12-16(18)15-10-13(2)5-8-17(15)20-3/h5,8,10,14,16H,4,6-7,9,11-12,18H2,1-3H3. The normalized spacial score (nSPS) is 16.4. The van der Waals surface area contributed by atoms with Gasteiger partial charge in [-0.3, -0.25) is 0 Å². The molecule has 0 aromatic heterocycles. The quantitative estimate of drug-likeness (QED) is 0.793. The second-order valence-corrected chi connectivity index (χ2v) is 6.05. The van der Waals surface area contributed by atoms with Gasteiger partial charge in [-0.2, -0.15) is 0 Å². The van der Waals surface area contributed by atoms with E-state index < -0.39 is 0 Å². The first-order chi connectivity index (χ1) is 9.63. The van der Waals surface area contributed by atoms with Crippen molar-refractivity contribution in [3.8, 4) is 5.75 Å². The summed E-state index contributed by atoms with van der Waals surface area (Å²) in [7, 11) is 1.72. The highest BCUT2D eigenvalue weighted by molar-refractivity contribution is 5.39. The van der Waals surface area contributed by atoms with Crippen LogP contribution in [0.2, 0.25) is 0 Å². The first-order valence-electron chi connectivity index (χ1n) is 7.76. The molecule has 1 fully saturated rings. The third-order valence-electron chi connectivity index (χ3n) is 3.99. The van der Waals surface area contributed by atoms with Crippen LogP contribution in [0.1, 0.15) is 43.4 Å². The Morgan fingerprint density at radius 3 is 2.75 bits per heavy atom. The van der Waals surface area contributed by atoms with Gasteiger partial charge in [-0.15, -0.1) is 0 Å². The van der Waals surface area contributed by atoms with Crippen molar-refractivity contribution in [2.24, 2.45) is 11.7 Å². The Bertz CT molecular complexity index is 429. The van der Waals surface area contributed by atoms with E-state index in [1.54, 1.807) is 7.11 Å². The molecular formula is C17H28N2O. The maximum atomic E-state index is 6.45. The summed E-state index contributed by atoms with van der Waals surface area (Å²) >= 11 is 0. The minimum Gasteiger partial charge on any atom is -0.496 e. The summed E-state index contributed by atoms with van der Waals surface area (Å²) in [5.74, 6) is 1.82. The number of hydrogen-bond donors (Lipinski definition) is 1. The van der Waals surface area contributed by atoms with E-state index in [-0.39, 0.29) is 6.04 Å². The number of hydrogen-bond acceptors (Lipinski definition) is 3. The number of rotatable bonds is 8. The third-order valence-corrected chi connectivity index (χ3v) is 3.99. The highest BCUT2D eigenvalue weighted by atomic mass is 16.5. The molecule has 1 atom stereocenters. The average Bonchev–Trinajstić information content (AvgIpc) is 3.22. The van der Waals surface area contributed by atoms with Crippen molar-refractivity contribution >= 4 is 0 Å². The summed E-state index contributed by atoms with van der Waals surface area (Å²) in [6, 6.07) is 6.28. The molecule has 2 N–H and O–H groups in total. The van der Waals surface area contributed by atoms with Gasteiger partial charge in [0, 0.05) is 24.7 Å². The molecule has 3 nitrogen and oxygen atoms in total. The van der Waals surface area contributed by atoms with E-state index in [2.05, 4.69) is 30.9 Å². The Hall–Kier alpha value is -1.06. The lowest BCUT2D eigenvalue weighted by Gasteiger charge is -2.26. The van der Waals surface area contributed by atoms with Crippen LogP contribution in [0, 0.1) is 12.8 Å². The van der Waals surface area contributed by atoms with E-state index in [0.717, 1.165) is 30.3 Å². The second-order valence-electron chi connectivity index (χ2n) is 6.05. The zero-order chi connectivity index (χ0) is 14.5. The first kappa shape index (κ1) is 15.3. The fourth-order valence-electron chi connectivity index (χ4n) is 2.76. The minimum absolute atomic E-state index is 0.0233. The molecule has 3 heteroatoms. The Kier molecular flexibility index (Phi) is 5.44. The van der Waals surface area contributed by atoms with Crippen LogP contribution in [0.25, 0.3) is 0 Å². The van der Waals surface area contributed by atoms with Gasteiger partial charge in [0.2, 0.25) is 0 Å². The molecule has 0 radical (unpaired) electrons. The largest absolute Gasteiger partial charge is 0.496 e. The maximum Gasteiger partial charge on any atom is 0.123 e. The second kappa shape index (κ2) is 7.09. The molecule has 0 spiro atoms. The van der Waals surface area contributed by atoms with Crippen LogP contribution < -0.4 is 10.5 Å². The molecule has 1 aromatic carbocycles. The van der Waals surface area contributed by atoms with Crippen LogP contribution in [0.4, 0.5) is 0 Å². The van der Waals surface area contributed by atoms with Gasteiger partial charge in [0.25, 0.3) is 0 Å². The number of methoxy groups -OCH3 is 1. The Balaban J connectivity index is 2.04. The number of aryl methyl sites for hydroxylation is 1. The molecule has 0 bridgehead atoms. The van der Waals surface area contributed by atoms with Crippen molar-refractivity contribution < 1.29 is 4.74 Å². The monoisotopic (exact) mass is 276 g/mol. The third kappa shape index (κ3) is 4.22. The predicted molar refractivity (Wildman–Crippen MR) is 84.1 cm³/mol. The molecule has 0 heterocycles. The zero-order valence-electron chi connectivity index (χ0n) is 13.1. The zero-order valence-corrected chi connectivity index (χ0v) is 13.1. The van der Waals surface area contributed by atoms with Crippen molar-refractivity contribution in [2.45, 2.75) is 39.2 Å². The highest BCUT2D eigenvalue weighted by Gasteiger charge is 2.25. The van der Waals surface area contributed by atoms with Gasteiger partial charge >= 0.3 is 0 Å². The fourth-order valence-corrected chi connectivity index (χ4v) is 2.76. The number of benzene rings is 1. The van der Waals surface area contributed by atoms with E-state index in [4.69, 9.17) is 10.5 Å². The molecule has 1 aliphatic carbocycles. The van der Waals surface area contributed by atoms with Gasteiger partial charge in [0.15, 0.2) is 0 Å². The summed E-state index contributed by atoms with van der Waals surface area (Å²) < 4.78 is 5.46. The van der Waals surface area contributed by atoms with Gasteiger partial charge in [-0.25, -0.2) is 0 Å². The van der Waals surface area contributed by atoms with E-state index in [9.17, 15) is 0 Å². The molecule has 1 saturated carbocycles. The Morgan fingerprint density at radius 2 is 2.15 bits per heavy atom. The summed E-state index contributed by atoms with van der Waals surface area (Å²) in [6.07, 6.45) is 3.97. The smallest absolute Gasteiger partial charge is 0.123 e. The van der Waals surface area contributed by atoms with E-state index in [1.165, 1.54) is 31.4 Å². The van der Waals surface area contributed by atoms with E-state index in [0.29, 0.717) is 0 Å². The van der Waals surface area contributed by atoms with Crippen molar-refractivity contribution in [1.29, 1.82) is 0 Å². The molecule has 1 aromatic rings. The highest BCUT2D eigenvalue weighted by Crippen LogP contribution is 2.31. The summed E-state index contributed by atoms with van der Waals surface area (Å²) in [6.45, 7) is 7.60. The number of nitrogens with zero attached hydrogens (tertiary/aromatic N) is 1. The molecule has 1 unspecified atom stereocenters. The topological polar surface area (TPSA) is 38.5 Å². The van der Waals surface area contributed by atoms with Gasteiger partial charge < -0.3 is 15.4 Å². The van der Waals surface area contributed by atoms with Crippen molar-refractivity contribution in [3.05, 3.63) is 29.3 Å². The molecule has 0 aliphatic heterocycles. The summed E-state index contributed by atoms with van der Waals surface area (Å²) in [4.78, 5) is 2.52. The molecule has 0 saturated heterocycles. The van der Waals surface area contributed by atoms with Crippen molar-refractivity contribution in [2.75, 3.05) is 26.7 Å². The lowest BCUT2D eigenvalue weighted by atomic mass is 10.0. The average molecular weight is 276 g/mol. The minimum atomic E-state index is 0.0233. The van der Waals surface area contributed by atoms with Gasteiger partial charge in [0.05, 0.1) is 7.11 Å². The molecule has 112 valence electrons. The van der Waals surface area contributed by atoms with Gasteiger partial charge in [-0.05, 0) is 44.7 Å². The van der Waals surface area contributed by atoms with Crippen LogP contribution in [0.3, 0.4) is 0 Å². The molecule has 0 amide bonds. The maximum absolute atomic E-state index is 6.45. The predicted octanol–water partition coefficient (Wildman–Crippen LogP) is 3.13. The van der Waals surface area contributed by atoms with E-state index >= 15 is 0 Å². The number of nitrogens with two attached hydrogens (primary N) is 1. The van der Waals surface area contributed by atoms with E-state index in [1.807, 2.05) is 6.07 Å². The first-order valence-corrected chi connectivity index (χ1v) is 7.76. The molecular weight excluding hydrogens is 248 g/mol. The fraction of sp³-hybridized carbons (Fsp3) is 0.647. The van der Waals surface area contributed by atoms with Gasteiger partial charge in [0.1, 0.15) is 5.75 Å². The molecule has 1 aliphatic rings. The number of ether oxygens (including phenoxy) is 1. The van der Waals surface area contributed by atoms with Crippen LogP contribution >= 0.6 is 0 Å². The van der Waals surface area contributed by atoms with Gasteiger partial charge in [-0.1, -0.05) is 24.6 Å². The van der Waals surface area contributed by atoms with Crippen LogP contribution in [0.15, 0.2) is 18.2 Å². The Labute approximate surface area is 123 Å². The van der Waals surface area contributed by atoms with Crippen LogP contribution in [-0.4, -0.2) is 31.6 Å². The van der Waals surface area contributed by atoms with Crippen molar-refractivity contribution in [3.63, 3.8) is 0 Å². The lowest BCUT2D eigenvalue weighted by molar-refractivity contribution is 0.246.